The first-order chi connectivity index (χ1) is 11.1. The van der Waals surface area contributed by atoms with Gasteiger partial charge in [0.25, 0.3) is 5.91 Å². The Balaban J connectivity index is 1.91. The van der Waals surface area contributed by atoms with E-state index in [4.69, 9.17) is 21.7 Å². The first kappa shape index (κ1) is 16.3. The van der Waals surface area contributed by atoms with E-state index in [1.165, 1.54) is 24.6 Å². The standard InChI is InChI=1S/C17H19NO3S2/c1-20-13-7-8-14(21-2)11(9-13)10-15-16(19)18(17(22)23-15)12-5-3-4-6-12/h7-10,12H,3-6H2,1-2H3. The zero-order valence-corrected chi connectivity index (χ0v) is 14.8. The Labute approximate surface area is 145 Å². The molecule has 1 heterocycles. The van der Waals surface area contributed by atoms with Crippen LogP contribution in [0, 0.1) is 0 Å². The molecule has 3 rings (SSSR count). The summed E-state index contributed by atoms with van der Waals surface area (Å²) in [6, 6.07) is 5.80. The third-order valence-electron chi connectivity index (χ3n) is 4.24. The molecule has 0 radical (unpaired) electrons. The highest BCUT2D eigenvalue weighted by atomic mass is 32.2. The van der Waals surface area contributed by atoms with Crippen molar-refractivity contribution in [3.05, 3.63) is 28.7 Å². The van der Waals surface area contributed by atoms with Gasteiger partial charge in [-0.2, -0.15) is 0 Å². The quantitative estimate of drug-likeness (QED) is 0.610. The third-order valence-corrected chi connectivity index (χ3v) is 5.57. The zero-order valence-electron chi connectivity index (χ0n) is 13.2. The minimum atomic E-state index is 0.0109. The van der Waals surface area contributed by atoms with E-state index in [-0.39, 0.29) is 11.9 Å². The van der Waals surface area contributed by atoms with E-state index in [1.54, 1.807) is 19.1 Å². The summed E-state index contributed by atoms with van der Waals surface area (Å²) in [5.74, 6) is 1.44. The Bertz CT molecular complexity index is 666. The van der Waals surface area contributed by atoms with Crippen molar-refractivity contribution in [2.75, 3.05) is 14.2 Å². The minimum absolute atomic E-state index is 0.0109. The number of amides is 1. The van der Waals surface area contributed by atoms with Crippen molar-refractivity contribution < 1.29 is 14.3 Å². The molecule has 0 bridgehead atoms. The molecule has 1 aliphatic carbocycles. The Hall–Kier alpha value is -1.53. The van der Waals surface area contributed by atoms with Crippen LogP contribution in [0.1, 0.15) is 31.2 Å². The number of carbonyl (C=O) groups excluding carboxylic acids is 1. The second-order valence-corrected chi connectivity index (χ2v) is 7.27. The Kier molecular flexibility index (Phi) is 4.92. The molecule has 0 N–H and O–H groups in total. The van der Waals surface area contributed by atoms with Gasteiger partial charge in [0.05, 0.1) is 19.1 Å². The van der Waals surface area contributed by atoms with Crippen molar-refractivity contribution in [3.63, 3.8) is 0 Å². The molecule has 122 valence electrons. The lowest BCUT2D eigenvalue weighted by molar-refractivity contribution is -0.123. The summed E-state index contributed by atoms with van der Waals surface area (Å²) in [7, 11) is 3.23. The van der Waals surface area contributed by atoms with Crippen molar-refractivity contribution in [1.29, 1.82) is 0 Å². The molecule has 1 saturated heterocycles. The fraction of sp³-hybridized carbons (Fsp3) is 0.412. The molecular weight excluding hydrogens is 330 g/mol. The van der Waals surface area contributed by atoms with E-state index >= 15 is 0 Å². The average Bonchev–Trinajstić information content (AvgIpc) is 3.16. The van der Waals surface area contributed by atoms with Gasteiger partial charge in [-0.25, -0.2) is 0 Å². The van der Waals surface area contributed by atoms with Gasteiger partial charge in [0.15, 0.2) is 0 Å². The summed E-state index contributed by atoms with van der Waals surface area (Å²) in [6.45, 7) is 0. The molecule has 23 heavy (non-hydrogen) atoms. The summed E-state index contributed by atoms with van der Waals surface area (Å²) >= 11 is 6.80. The van der Waals surface area contributed by atoms with Gasteiger partial charge in [-0.15, -0.1) is 0 Å². The van der Waals surface area contributed by atoms with Crippen molar-refractivity contribution in [2.45, 2.75) is 31.7 Å². The van der Waals surface area contributed by atoms with Crippen LogP contribution in [0.15, 0.2) is 23.1 Å². The number of nitrogens with zero attached hydrogens (tertiary/aromatic N) is 1. The van der Waals surface area contributed by atoms with Crippen molar-refractivity contribution >= 4 is 40.3 Å². The van der Waals surface area contributed by atoms with Crippen molar-refractivity contribution in [3.8, 4) is 11.5 Å². The number of carbonyl (C=O) groups is 1. The third kappa shape index (κ3) is 3.23. The number of benzene rings is 1. The number of methoxy groups -OCH3 is 2. The largest absolute Gasteiger partial charge is 0.497 e. The lowest BCUT2D eigenvalue weighted by atomic mass is 10.1. The van der Waals surface area contributed by atoms with Crippen LogP contribution in [0.2, 0.25) is 0 Å². The van der Waals surface area contributed by atoms with Gasteiger partial charge in [0, 0.05) is 11.6 Å². The van der Waals surface area contributed by atoms with E-state index in [9.17, 15) is 4.79 Å². The lowest BCUT2D eigenvalue weighted by Gasteiger charge is -2.21. The maximum atomic E-state index is 12.7. The van der Waals surface area contributed by atoms with E-state index in [2.05, 4.69) is 0 Å². The molecule has 2 aliphatic rings. The fourth-order valence-electron chi connectivity index (χ4n) is 3.05. The van der Waals surface area contributed by atoms with Gasteiger partial charge in [-0.05, 0) is 37.1 Å². The molecule has 0 unspecified atom stereocenters. The molecule has 1 aliphatic heterocycles. The molecule has 1 aromatic rings. The number of rotatable bonds is 4. The number of hydrogen-bond acceptors (Lipinski definition) is 5. The SMILES string of the molecule is COc1ccc(OC)c(C=C2SC(=S)N(C3CCCC3)C2=O)c1. The monoisotopic (exact) mass is 349 g/mol. The number of hydrogen-bond donors (Lipinski definition) is 0. The smallest absolute Gasteiger partial charge is 0.266 e. The van der Waals surface area contributed by atoms with Gasteiger partial charge >= 0.3 is 0 Å². The molecule has 6 heteroatoms. The minimum Gasteiger partial charge on any atom is -0.497 e. The Morgan fingerprint density at radius 2 is 2.00 bits per heavy atom. The summed E-state index contributed by atoms with van der Waals surface area (Å²) in [4.78, 5) is 15.2. The average molecular weight is 349 g/mol. The highest BCUT2D eigenvalue weighted by molar-refractivity contribution is 8.26. The summed E-state index contributed by atoms with van der Waals surface area (Å²) in [6.07, 6.45) is 6.27. The normalized spacial score (nSPS) is 20.6. The Morgan fingerprint density at radius 1 is 1.26 bits per heavy atom. The topological polar surface area (TPSA) is 38.8 Å². The van der Waals surface area contributed by atoms with E-state index < -0.39 is 0 Å². The molecule has 1 saturated carbocycles. The van der Waals surface area contributed by atoms with Crippen LogP contribution in [0.4, 0.5) is 0 Å². The van der Waals surface area contributed by atoms with Crippen LogP contribution in [-0.4, -0.2) is 35.4 Å². The highest BCUT2D eigenvalue weighted by Crippen LogP contribution is 2.39. The maximum absolute atomic E-state index is 12.7. The van der Waals surface area contributed by atoms with Gasteiger partial charge < -0.3 is 9.47 Å². The van der Waals surface area contributed by atoms with Crippen molar-refractivity contribution in [1.82, 2.24) is 4.90 Å². The predicted molar refractivity (Wildman–Crippen MR) is 96.8 cm³/mol. The van der Waals surface area contributed by atoms with Crippen LogP contribution in [0.3, 0.4) is 0 Å². The molecule has 0 aromatic heterocycles. The van der Waals surface area contributed by atoms with Crippen LogP contribution in [-0.2, 0) is 4.79 Å². The lowest BCUT2D eigenvalue weighted by Crippen LogP contribution is -2.36. The molecule has 1 amide bonds. The highest BCUT2D eigenvalue weighted by Gasteiger charge is 2.38. The molecular formula is C17H19NO3S2. The number of ether oxygens (including phenoxy) is 2. The predicted octanol–water partition coefficient (Wildman–Crippen LogP) is 3.85. The molecule has 4 nitrogen and oxygen atoms in total. The Morgan fingerprint density at radius 3 is 2.65 bits per heavy atom. The van der Waals surface area contributed by atoms with Gasteiger partial charge in [-0.1, -0.05) is 36.8 Å². The molecule has 0 atom stereocenters. The summed E-state index contributed by atoms with van der Waals surface area (Å²) in [5, 5.41) is 0. The fourth-order valence-corrected chi connectivity index (χ4v) is 4.44. The molecule has 1 aromatic carbocycles. The molecule has 2 fully saturated rings. The van der Waals surface area contributed by atoms with Crippen LogP contribution in [0.5, 0.6) is 11.5 Å². The molecule has 0 spiro atoms. The zero-order chi connectivity index (χ0) is 16.4. The first-order valence-electron chi connectivity index (χ1n) is 7.63. The van der Waals surface area contributed by atoms with Gasteiger partial charge in [-0.3, -0.25) is 9.69 Å². The first-order valence-corrected chi connectivity index (χ1v) is 8.85. The number of thioether (sulfide) groups is 1. The van der Waals surface area contributed by atoms with Crippen molar-refractivity contribution in [2.24, 2.45) is 0 Å². The second-order valence-electron chi connectivity index (χ2n) is 5.60. The summed E-state index contributed by atoms with van der Waals surface area (Å²) < 4.78 is 11.3. The summed E-state index contributed by atoms with van der Waals surface area (Å²) in [5.41, 5.74) is 0.818. The van der Waals surface area contributed by atoms with Gasteiger partial charge in [0.1, 0.15) is 15.8 Å². The van der Waals surface area contributed by atoms with Gasteiger partial charge in [0.2, 0.25) is 0 Å². The second kappa shape index (κ2) is 6.93. The van der Waals surface area contributed by atoms with E-state index in [1.807, 2.05) is 24.3 Å². The van der Waals surface area contributed by atoms with Crippen LogP contribution < -0.4 is 9.47 Å². The van der Waals surface area contributed by atoms with Crippen LogP contribution in [0.25, 0.3) is 6.08 Å². The van der Waals surface area contributed by atoms with E-state index in [0.29, 0.717) is 15.0 Å². The van der Waals surface area contributed by atoms with Crippen LogP contribution >= 0.6 is 24.0 Å². The van der Waals surface area contributed by atoms with E-state index in [0.717, 1.165) is 24.2 Å². The maximum Gasteiger partial charge on any atom is 0.266 e. The number of thiocarbonyl (C=S) groups is 1.